The van der Waals surface area contributed by atoms with Crippen LogP contribution in [0.4, 0.5) is 0 Å². The summed E-state index contributed by atoms with van der Waals surface area (Å²) in [4.78, 5) is 0. The second-order valence-electron chi connectivity index (χ2n) is 10.5. The Labute approximate surface area is 127 Å². The lowest BCUT2D eigenvalue weighted by molar-refractivity contribution is -0.0775. The molecule has 0 aromatic carbocycles. The number of hydrogen-bond donors (Lipinski definition) is 1. The minimum absolute atomic E-state index is 0.132. The van der Waals surface area contributed by atoms with Gasteiger partial charge < -0.3 is 5.11 Å². The number of aliphatic hydroxyl groups is 1. The van der Waals surface area contributed by atoms with E-state index in [4.69, 9.17) is 0 Å². The van der Waals surface area contributed by atoms with Gasteiger partial charge in [-0.25, -0.2) is 0 Å². The molecule has 4 unspecified atom stereocenters. The van der Waals surface area contributed by atoms with Crippen LogP contribution in [0, 0.1) is 34.0 Å². The molecule has 0 amide bonds. The monoisotopic (exact) mass is 282 g/mol. The Morgan fingerprint density at radius 2 is 1.30 bits per heavy atom. The van der Waals surface area contributed by atoms with Gasteiger partial charge in [-0.05, 0) is 53.3 Å². The number of hydrogen-bond acceptors (Lipinski definition) is 1. The lowest BCUT2D eigenvalue weighted by Crippen LogP contribution is -2.46. The largest absolute Gasteiger partial charge is 0.393 e. The van der Waals surface area contributed by atoms with Crippen molar-refractivity contribution in [3.63, 3.8) is 0 Å². The Balaban J connectivity index is 2.99. The van der Waals surface area contributed by atoms with Gasteiger partial charge in [0.2, 0.25) is 0 Å². The summed E-state index contributed by atoms with van der Waals surface area (Å²) < 4.78 is 0. The van der Waals surface area contributed by atoms with Crippen LogP contribution in [0.5, 0.6) is 0 Å². The zero-order valence-corrected chi connectivity index (χ0v) is 15.4. The Morgan fingerprint density at radius 1 is 0.800 bits per heavy atom. The lowest BCUT2D eigenvalue weighted by Gasteiger charge is -2.50. The van der Waals surface area contributed by atoms with E-state index in [9.17, 15) is 5.11 Å². The Bertz CT molecular complexity index is 310. The van der Waals surface area contributed by atoms with Crippen molar-refractivity contribution in [1.82, 2.24) is 0 Å². The van der Waals surface area contributed by atoms with E-state index in [2.05, 4.69) is 62.3 Å². The maximum Gasteiger partial charge on any atom is 0.0601 e. The van der Waals surface area contributed by atoms with Crippen LogP contribution in [0.25, 0.3) is 0 Å². The fourth-order valence-electron chi connectivity index (χ4n) is 3.94. The quantitative estimate of drug-likeness (QED) is 0.671. The molecule has 0 aliphatic heterocycles. The summed E-state index contributed by atoms with van der Waals surface area (Å²) >= 11 is 0. The first-order valence-electron chi connectivity index (χ1n) is 8.40. The van der Waals surface area contributed by atoms with Gasteiger partial charge in [-0.1, -0.05) is 62.3 Å². The third-order valence-electron chi connectivity index (χ3n) is 5.23. The third-order valence-corrected chi connectivity index (χ3v) is 5.23. The molecule has 1 nitrogen and oxygen atoms in total. The fraction of sp³-hybridized carbons (Fsp3) is 1.00. The molecule has 0 aromatic rings. The van der Waals surface area contributed by atoms with Crippen molar-refractivity contribution in [3.8, 4) is 0 Å². The summed E-state index contributed by atoms with van der Waals surface area (Å²) in [5.41, 5.74) is 0.840. The van der Waals surface area contributed by atoms with Crippen LogP contribution >= 0.6 is 0 Å². The molecule has 20 heavy (non-hydrogen) atoms. The van der Waals surface area contributed by atoms with E-state index in [0.717, 1.165) is 12.3 Å². The maximum absolute atomic E-state index is 10.9. The van der Waals surface area contributed by atoms with Gasteiger partial charge >= 0.3 is 0 Å². The first kappa shape index (κ1) is 18.0. The average molecular weight is 283 g/mol. The van der Waals surface area contributed by atoms with Crippen molar-refractivity contribution in [2.75, 3.05) is 0 Å². The summed E-state index contributed by atoms with van der Waals surface area (Å²) in [5.74, 6) is 1.60. The molecule has 0 radical (unpaired) electrons. The minimum atomic E-state index is -0.132. The van der Waals surface area contributed by atoms with Crippen molar-refractivity contribution < 1.29 is 5.11 Å². The topological polar surface area (TPSA) is 20.2 Å². The molecule has 4 atom stereocenters. The Kier molecular flexibility index (Phi) is 5.07. The highest BCUT2D eigenvalue weighted by atomic mass is 16.3. The second-order valence-corrected chi connectivity index (χ2v) is 10.5. The van der Waals surface area contributed by atoms with Gasteiger partial charge in [0.25, 0.3) is 0 Å². The molecular formula is C19H38O. The fourth-order valence-corrected chi connectivity index (χ4v) is 3.94. The summed E-state index contributed by atoms with van der Waals surface area (Å²) in [7, 11) is 0. The highest BCUT2D eigenvalue weighted by Gasteiger charge is 2.45. The van der Waals surface area contributed by atoms with Crippen LogP contribution in [-0.2, 0) is 0 Å². The van der Waals surface area contributed by atoms with Crippen LogP contribution in [-0.4, -0.2) is 11.2 Å². The van der Waals surface area contributed by atoms with Crippen molar-refractivity contribution >= 4 is 0 Å². The van der Waals surface area contributed by atoms with E-state index in [-0.39, 0.29) is 11.5 Å². The summed E-state index contributed by atoms with van der Waals surface area (Å²) in [6.07, 6.45) is 3.37. The molecule has 1 heteroatoms. The molecule has 1 saturated carbocycles. The lowest BCUT2D eigenvalue weighted by atomic mass is 9.57. The van der Waals surface area contributed by atoms with Crippen molar-refractivity contribution in [2.24, 2.45) is 34.0 Å². The summed E-state index contributed by atoms with van der Waals surface area (Å²) in [6.45, 7) is 20.9. The zero-order valence-electron chi connectivity index (χ0n) is 15.4. The Hall–Kier alpha value is -0.0400. The molecule has 1 N–H and O–H groups in total. The van der Waals surface area contributed by atoms with Crippen molar-refractivity contribution in [2.45, 2.75) is 87.7 Å². The van der Waals surface area contributed by atoms with Crippen LogP contribution in [0.15, 0.2) is 0 Å². The molecule has 1 rings (SSSR count). The van der Waals surface area contributed by atoms with Crippen LogP contribution < -0.4 is 0 Å². The highest BCUT2D eigenvalue weighted by Crippen LogP contribution is 2.50. The third kappa shape index (κ3) is 4.76. The van der Waals surface area contributed by atoms with Gasteiger partial charge in [-0.15, -0.1) is 0 Å². The van der Waals surface area contributed by atoms with Gasteiger partial charge in [-0.2, -0.15) is 0 Å². The molecule has 0 heterocycles. The summed E-state index contributed by atoms with van der Waals surface area (Å²) in [6, 6.07) is 0. The first-order valence-corrected chi connectivity index (χ1v) is 8.40. The van der Waals surface area contributed by atoms with Gasteiger partial charge in [-0.3, -0.25) is 0 Å². The van der Waals surface area contributed by atoms with Crippen molar-refractivity contribution in [1.29, 1.82) is 0 Å². The summed E-state index contributed by atoms with van der Waals surface area (Å²) in [5, 5.41) is 10.9. The zero-order chi connectivity index (χ0) is 15.9. The smallest absolute Gasteiger partial charge is 0.0601 e. The van der Waals surface area contributed by atoms with E-state index in [1.54, 1.807) is 0 Å². The van der Waals surface area contributed by atoms with E-state index < -0.39 is 0 Å². The van der Waals surface area contributed by atoms with Gasteiger partial charge in [0.15, 0.2) is 0 Å². The molecular weight excluding hydrogens is 244 g/mol. The normalized spacial score (nSPS) is 33.3. The number of aliphatic hydroxyl groups excluding tert-OH is 1. The van der Waals surface area contributed by atoms with Gasteiger partial charge in [0.05, 0.1) is 6.10 Å². The van der Waals surface area contributed by atoms with Crippen LogP contribution in [0.2, 0.25) is 0 Å². The molecule has 0 spiro atoms. The molecule has 0 bridgehead atoms. The van der Waals surface area contributed by atoms with Crippen LogP contribution in [0.1, 0.15) is 81.6 Å². The van der Waals surface area contributed by atoms with E-state index >= 15 is 0 Å². The standard InChI is InChI=1S/C19H38O/c1-17(2,3)12-13-10-14(18(4,5)6)11-15(16(13)20)19(7,8)9/h13-16,20H,10-12H2,1-9H3. The second kappa shape index (κ2) is 5.63. The minimum Gasteiger partial charge on any atom is -0.393 e. The maximum atomic E-state index is 10.9. The van der Waals surface area contributed by atoms with Gasteiger partial charge in [0.1, 0.15) is 0 Å². The molecule has 0 saturated heterocycles. The van der Waals surface area contributed by atoms with Crippen LogP contribution in [0.3, 0.4) is 0 Å². The number of rotatable bonds is 1. The SMILES string of the molecule is CC(C)(C)CC1CC(C(C)(C)C)CC(C(C)(C)C)C1O. The molecule has 0 aromatic heterocycles. The first-order chi connectivity index (χ1) is 8.72. The molecule has 1 fully saturated rings. The predicted octanol–water partition coefficient (Wildman–Crippen LogP) is 5.52. The Morgan fingerprint density at radius 3 is 1.65 bits per heavy atom. The predicted molar refractivity (Wildman–Crippen MR) is 88.7 cm³/mol. The van der Waals surface area contributed by atoms with E-state index in [1.807, 2.05) is 0 Å². The van der Waals surface area contributed by atoms with Crippen molar-refractivity contribution in [3.05, 3.63) is 0 Å². The van der Waals surface area contributed by atoms with E-state index in [0.29, 0.717) is 22.7 Å². The average Bonchev–Trinajstić information content (AvgIpc) is 2.15. The highest BCUT2D eigenvalue weighted by molar-refractivity contribution is 4.95. The molecule has 120 valence electrons. The molecule has 1 aliphatic carbocycles. The van der Waals surface area contributed by atoms with E-state index in [1.165, 1.54) is 12.8 Å². The molecule has 1 aliphatic rings. The van der Waals surface area contributed by atoms with Gasteiger partial charge in [0, 0.05) is 0 Å².